The van der Waals surface area contributed by atoms with E-state index in [9.17, 15) is 0 Å². The van der Waals surface area contributed by atoms with Crippen LogP contribution < -0.4 is 10.0 Å². The van der Waals surface area contributed by atoms with Gasteiger partial charge in [0.05, 0.1) is 6.67 Å². The Labute approximate surface area is 41.1 Å². The summed E-state index contributed by atoms with van der Waals surface area (Å²) in [5, 5.41) is 4.93. The minimum Gasteiger partial charge on any atom is -0.377 e. The molecule has 0 aromatic heterocycles. The lowest BCUT2D eigenvalue weighted by Gasteiger charge is -2.03. The molecule has 34 valence electrons. The van der Waals surface area contributed by atoms with Crippen molar-refractivity contribution < 1.29 is 0 Å². The molecule has 0 aromatic carbocycles. The largest absolute Gasteiger partial charge is 0.377 e. The Kier molecular flexibility index (Phi) is 1.41. The fourth-order valence-electron chi connectivity index (χ4n) is 0.273. The Morgan fingerprint density at radius 2 is 2.67 bits per heavy atom. The maximum absolute atomic E-state index is 3.00. The van der Waals surface area contributed by atoms with E-state index >= 15 is 0 Å². The average molecular weight is 102 g/mol. The second kappa shape index (κ2) is 2.10. The van der Waals surface area contributed by atoms with Crippen LogP contribution in [0.4, 0.5) is 0 Å². The molecule has 1 rings (SSSR count). The highest BCUT2D eigenvalue weighted by atomic mass is 32.2. The molecule has 0 amide bonds. The summed E-state index contributed by atoms with van der Waals surface area (Å²) in [7, 11) is 0. The van der Waals surface area contributed by atoms with E-state index in [-0.39, 0.29) is 0 Å². The van der Waals surface area contributed by atoms with Crippen LogP contribution in [-0.4, -0.2) is 6.67 Å². The minimum absolute atomic E-state index is 0.876. The molecule has 3 heteroatoms. The molecule has 0 bridgehead atoms. The molecule has 2 nitrogen and oxygen atoms in total. The first-order chi connectivity index (χ1) is 3.00. The number of nitrogens with one attached hydrogen (secondary N) is 2. The Morgan fingerprint density at radius 3 is 2.83 bits per heavy atom. The molecule has 0 unspecified atom stereocenters. The molecular formula is C3H6N2S. The van der Waals surface area contributed by atoms with Gasteiger partial charge in [-0.15, -0.1) is 0 Å². The number of rotatable bonds is 0. The van der Waals surface area contributed by atoms with E-state index in [1.165, 1.54) is 0 Å². The van der Waals surface area contributed by atoms with Gasteiger partial charge in [0.25, 0.3) is 0 Å². The molecule has 1 aliphatic heterocycles. The van der Waals surface area contributed by atoms with Gasteiger partial charge in [0.2, 0.25) is 0 Å². The third kappa shape index (κ3) is 0.914. The van der Waals surface area contributed by atoms with Crippen molar-refractivity contribution in [1.82, 2.24) is 10.0 Å². The van der Waals surface area contributed by atoms with Crippen molar-refractivity contribution in [3.8, 4) is 0 Å². The highest BCUT2D eigenvalue weighted by molar-refractivity contribution is 8.00. The van der Waals surface area contributed by atoms with Crippen molar-refractivity contribution in [3.05, 3.63) is 11.6 Å². The molecule has 2 N–H and O–H groups in total. The molecule has 0 saturated heterocycles. The SMILES string of the molecule is C1=CSNCN1. The molecule has 0 aromatic rings. The van der Waals surface area contributed by atoms with Crippen molar-refractivity contribution >= 4 is 11.9 Å². The Balaban J connectivity index is 2.26. The van der Waals surface area contributed by atoms with E-state index in [2.05, 4.69) is 10.0 Å². The Hall–Kier alpha value is -0.150. The fraction of sp³-hybridized carbons (Fsp3) is 0.333. The molecule has 0 fully saturated rings. The molecule has 6 heavy (non-hydrogen) atoms. The summed E-state index contributed by atoms with van der Waals surface area (Å²) in [6, 6.07) is 0. The van der Waals surface area contributed by atoms with Gasteiger partial charge >= 0.3 is 0 Å². The predicted octanol–water partition coefficient (Wildman–Crippen LogP) is 0.256. The lowest BCUT2D eigenvalue weighted by atomic mass is 10.9. The third-order valence-corrected chi connectivity index (χ3v) is 1.09. The number of hydrogen-bond acceptors (Lipinski definition) is 3. The topological polar surface area (TPSA) is 24.1 Å². The molecule has 1 aliphatic rings. The van der Waals surface area contributed by atoms with Crippen molar-refractivity contribution in [3.63, 3.8) is 0 Å². The van der Waals surface area contributed by atoms with E-state index in [1.807, 2.05) is 11.6 Å². The zero-order valence-electron chi connectivity index (χ0n) is 3.27. The van der Waals surface area contributed by atoms with Gasteiger partial charge in [-0.2, -0.15) is 0 Å². The summed E-state index contributed by atoms with van der Waals surface area (Å²) in [5.74, 6) is 0. The van der Waals surface area contributed by atoms with Crippen LogP contribution in [0.3, 0.4) is 0 Å². The monoisotopic (exact) mass is 102 g/mol. The summed E-state index contributed by atoms with van der Waals surface area (Å²) in [4.78, 5) is 0. The van der Waals surface area contributed by atoms with Crippen LogP contribution in [0.15, 0.2) is 11.6 Å². The summed E-state index contributed by atoms with van der Waals surface area (Å²) in [6.07, 6.45) is 1.92. The van der Waals surface area contributed by atoms with E-state index in [1.54, 1.807) is 11.9 Å². The highest BCUT2D eigenvalue weighted by Crippen LogP contribution is 1.94. The van der Waals surface area contributed by atoms with Crippen molar-refractivity contribution in [2.45, 2.75) is 0 Å². The quantitative estimate of drug-likeness (QED) is 0.429. The molecule has 0 radical (unpaired) electrons. The van der Waals surface area contributed by atoms with Crippen molar-refractivity contribution in [1.29, 1.82) is 0 Å². The van der Waals surface area contributed by atoms with Crippen LogP contribution in [-0.2, 0) is 0 Å². The zero-order chi connectivity index (χ0) is 4.24. The van der Waals surface area contributed by atoms with Gasteiger partial charge in [-0.25, -0.2) is 4.72 Å². The predicted molar refractivity (Wildman–Crippen MR) is 27.9 cm³/mol. The molecule has 0 saturated carbocycles. The van der Waals surface area contributed by atoms with Gasteiger partial charge in [0, 0.05) is 11.6 Å². The molecule has 0 spiro atoms. The molecule has 1 heterocycles. The lowest BCUT2D eigenvalue weighted by molar-refractivity contribution is 0.826. The second-order valence-corrected chi connectivity index (χ2v) is 1.74. The van der Waals surface area contributed by atoms with Crippen molar-refractivity contribution in [2.24, 2.45) is 0 Å². The molecule has 0 aliphatic carbocycles. The van der Waals surface area contributed by atoms with Gasteiger partial charge in [-0.05, 0) is 0 Å². The van der Waals surface area contributed by atoms with Crippen LogP contribution in [0, 0.1) is 0 Å². The van der Waals surface area contributed by atoms with Crippen molar-refractivity contribution in [2.75, 3.05) is 6.67 Å². The highest BCUT2D eigenvalue weighted by Gasteiger charge is 1.82. The summed E-state index contributed by atoms with van der Waals surface area (Å²) in [6.45, 7) is 0.876. The molecule has 0 atom stereocenters. The maximum Gasteiger partial charge on any atom is 0.0744 e. The minimum atomic E-state index is 0.876. The zero-order valence-corrected chi connectivity index (χ0v) is 4.09. The summed E-state index contributed by atoms with van der Waals surface area (Å²) in [5.41, 5.74) is 0. The van der Waals surface area contributed by atoms with Gasteiger partial charge in [0.15, 0.2) is 0 Å². The summed E-state index contributed by atoms with van der Waals surface area (Å²) < 4.78 is 3.00. The maximum atomic E-state index is 3.00. The first-order valence-corrected chi connectivity index (χ1v) is 2.65. The smallest absolute Gasteiger partial charge is 0.0744 e. The van der Waals surface area contributed by atoms with E-state index in [0.29, 0.717) is 0 Å². The fourth-order valence-corrected chi connectivity index (χ4v) is 0.700. The third-order valence-electron chi connectivity index (χ3n) is 0.511. The van der Waals surface area contributed by atoms with Gasteiger partial charge in [-0.1, -0.05) is 11.9 Å². The Bertz CT molecular complexity index is 53.8. The van der Waals surface area contributed by atoms with Crippen LogP contribution >= 0.6 is 11.9 Å². The first-order valence-electron chi connectivity index (χ1n) is 1.77. The van der Waals surface area contributed by atoms with Gasteiger partial charge in [-0.3, -0.25) is 0 Å². The first kappa shape index (κ1) is 4.02. The van der Waals surface area contributed by atoms with Crippen LogP contribution in [0.2, 0.25) is 0 Å². The normalized spacial score (nSPS) is 20.0. The number of hydrogen-bond donors (Lipinski definition) is 2. The van der Waals surface area contributed by atoms with E-state index < -0.39 is 0 Å². The standard InChI is InChI=1S/C3H6N2S/c1-2-6-5-3-4-1/h1-2,4-5H,3H2. The van der Waals surface area contributed by atoms with Crippen LogP contribution in [0.5, 0.6) is 0 Å². The van der Waals surface area contributed by atoms with Gasteiger partial charge < -0.3 is 5.32 Å². The molecular weight excluding hydrogens is 96.1 g/mol. The van der Waals surface area contributed by atoms with E-state index in [4.69, 9.17) is 0 Å². The lowest BCUT2D eigenvalue weighted by Crippen LogP contribution is -2.21. The summed E-state index contributed by atoms with van der Waals surface area (Å²) >= 11 is 1.60. The van der Waals surface area contributed by atoms with E-state index in [0.717, 1.165) is 6.67 Å². The average Bonchev–Trinajstić information content (AvgIpc) is 1.72. The van der Waals surface area contributed by atoms with Crippen LogP contribution in [0.1, 0.15) is 0 Å². The Morgan fingerprint density at radius 1 is 1.67 bits per heavy atom. The van der Waals surface area contributed by atoms with Crippen LogP contribution in [0.25, 0.3) is 0 Å². The second-order valence-electron chi connectivity index (χ2n) is 0.946. The van der Waals surface area contributed by atoms with Gasteiger partial charge in [0.1, 0.15) is 0 Å².